The van der Waals surface area contributed by atoms with Crippen LogP contribution in [0.25, 0.3) is 10.2 Å². The number of fused-ring (bicyclic) bond motifs is 3. The lowest BCUT2D eigenvalue weighted by atomic mass is 10.1. The molecule has 1 saturated heterocycles. The predicted molar refractivity (Wildman–Crippen MR) is 116 cm³/mol. The Bertz CT molecular complexity index is 1090. The van der Waals surface area contributed by atoms with Crippen LogP contribution in [0.3, 0.4) is 0 Å². The van der Waals surface area contributed by atoms with Gasteiger partial charge in [0.15, 0.2) is 0 Å². The van der Waals surface area contributed by atoms with Crippen LogP contribution in [0.1, 0.15) is 33.8 Å². The van der Waals surface area contributed by atoms with Gasteiger partial charge in [-0.25, -0.2) is 4.98 Å². The van der Waals surface area contributed by atoms with Crippen LogP contribution in [0.2, 0.25) is 0 Å². The van der Waals surface area contributed by atoms with E-state index in [0.29, 0.717) is 6.54 Å². The topological polar surface area (TPSA) is 52.2 Å². The number of hydrogen-bond acceptors (Lipinski definition) is 5. The van der Waals surface area contributed by atoms with Crippen LogP contribution < -0.4 is 10.5 Å². The zero-order valence-corrected chi connectivity index (χ0v) is 17.4. The van der Waals surface area contributed by atoms with Gasteiger partial charge in [-0.15, -0.1) is 11.3 Å². The third kappa shape index (κ3) is 3.05. The average Bonchev–Trinajstić information content (AvgIpc) is 3.25. The fourth-order valence-corrected chi connectivity index (χ4v) is 5.84. The van der Waals surface area contributed by atoms with Gasteiger partial charge >= 0.3 is 0 Å². The smallest absolute Gasteiger partial charge is 0.259 e. The molecule has 0 saturated carbocycles. The Balaban J connectivity index is 1.30. The molecule has 3 aromatic rings. The van der Waals surface area contributed by atoms with Crippen LogP contribution in [0, 0.1) is 13.8 Å². The van der Waals surface area contributed by atoms with Crippen LogP contribution >= 0.6 is 11.3 Å². The molecule has 0 bridgehead atoms. The highest BCUT2D eigenvalue weighted by Gasteiger charge is 2.23. The molecule has 28 heavy (non-hydrogen) atoms. The summed E-state index contributed by atoms with van der Waals surface area (Å²) in [5.41, 5.74) is 5.37. The molecule has 1 aliphatic heterocycles. The number of nitrogens with zero attached hydrogens (tertiary/aromatic N) is 3. The molecule has 0 unspecified atom stereocenters. The van der Waals surface area contributed by atoms with Crippen molar-refractivity contribution in [1.82, 2.24) is 14.9 Å². The van der Waals surface area contributed by atoms with Crippen LogP contribution in [0.4, 0.5) is 5.69 Å². The fourth-order valence-electron chi connectivity index (χ4n) is 4.56. The van der Waals surface area contributed by atoms with Crippen molar-refractivity contribution in [2.45, 2.75) is 39.7 Å². The number of aryl methyl sites for hydroxylation is 3. The second-order valence-corrected chi connectivity index (χ2v) is 9.12. The van der Waals surface area contributed by atoms with Crippen LogP contribution in [-0.4, -0.2) is 41.0 Å². The number of aromatic nitrogens is 2. The maximum atomic E-state index is 12.7. The van der Waals surface area contributed by atoms with Gasteiger partial charge in [-0.2, -0.15) is 0 Å². The van der Waals surface area contributed by atoms with E-state index in [2.05, 4.69) is 46.8 Å². The van der Waals surface area contributed by atoms with Crippen molar-refractivity contribution in [3.63, 3.8) is 0 Å². The molecule has 2 aromatic heterocycles. The van der Waals surface area contributed by atoms with Gasteiger partial charge in [0, 0.05) is 36.7 Å². The normalized spacial score (nSPS) is 17.4. The van der Waals surface area contributed by atoms with E-state index in [0.717, 1.165) is 55.1 Å². The first-order valence-corrected chi connectivity index (χ1v) is 11.0. The number of hydrogen-bond donors (Lipinski definition) is 1. The van der Waals surface area contributed by atoms with E-state index in [-0.39, 0.29) is 5.56 Å². The lowest BCUT2D eigenvalue weighted by Crippen LogP contribution is -2.46. The number of benzene rings is 1. The standard InChI is InChI=1S/C22H26N4OS/c1-14-5-3-7-17(15(14)2)26-11-9-25(10-12-26)13-19-23-21(27)20-16-6-4-8-18(16)28-22(20)24-19/h3,5,7H,4,6,8-13H2,1-2H3,(H,23,24,27). The highest BCUT2D eigenvalue weighted by Crippen LogP contribution is 2.34. The van der Waals surface area contributed by atoms with E-state index in [1.54, 1.807) is 11.3 Å². The van der Waals surface area contributed by atoms with E-state index < -0.39 is 0 Å². The molecule has 5 nitrogen and oxygen atoms in total. The van der Waals surface area contributed by atoms with E-state index in [9.17, 15) is 4.79 Å². The number of H-pyrrole nitrogens is 1. The molecule has 1 N–H and O–H groups in total. The Morgan fingerprint density at radius 1 is 1.14 bits per heavy atom. The molecule has 0 spiro atoms. The van der Waals surface area contributed by atoms with Crippen molar-refractivity contribution in [2.24, 2.45) is 0 Å². The zero-order chi connectivity index (χ0) is 19.3. The highest BCUT2D eigenvalue weighted by atomic mass is 32.1. The third-order valence-corrected chi connectivity index (χ3v) is 7.47. The van der Waals surface area contributed by atoms with Gasteiger partial charge in [0.05, 0.1) is 11.9 Å². The molecule has 2 aliphatic rings. The molecule has 3 heterocycles. The lowest BCUT2D eigenvalue weighted by molar-refractivity contribution is 0.244. The number of thiophene rings is 1. The Hall–Kier alpha value is -2.18. The summed E-state index contributed by atoms with van der Waals surface area (Å²) in [4.78, 5) is 27.7. The first-order chi connectivity index (χ1) is 13.6. The fraction of sp³-hybridized carbons (Fsp3) is 0.455. The molecule has 6 heteroatoms. The Kier molecular flexibility index (Phi) is 4.48. The molecule has 0 radical (unpaired) electrons. The summed E-state index contributed by atoms with van der Waals surface area (Å²) in [6, 6.07) is 6.54. The van der Waals surface area contributed by atoms with Gasteiger partial charge < -0.3 is 9.88 Å². The molecule has 0 amide bonds. The first-order valence-electron chi connectivity index (χ1n) is 10.2. The summed E-state index contributed by atoms with van der Waals surface area (Å²) in [5, 5.41) is 0.848. The summed E-state index contributed by atoms with van der Waals surface area (Å²) in [6.07, 6.45) is 3.30. The Labute approximate surface area is 169 Å². The number of anilines is 1. The molecule has 1 aromatic carbocycles. The monoisotopic (exact) mass is 394 g/mol. The molecular weight excluding hydrogens is 368 g/mol. The van der Waals surface area contributed by atoms with Crippen molar-refractivity contribution >= 4 is 27.2 Å². The SMILES string of the molecule is Cc1cccc(N2CCN(Cc3nc4sc5c(c4c(=O)[nH]3)CCC5)CC2)c1C. The second kappa shape index (κ2) is 7.01. The maximum absolute atomic E-state index is 12.7. The van der Waals surface area contributed by atoms with Crippen LogP contribution in [0.15, 0.2) is 23.0 Å². The minimum absolute atomic E-state index is 0.0495. The minimum Gasteiger partial charge on any atom is -0.369 e. The van der Waals surface area contributed by atoms with Crippen LogP contribution in [0.5, 0.6) is 0 Å². The van der Waals surface area contributed by atoms with E-state index in [4.69, 9.17) is 4.98 Å². The number of aromatic amines is 1. The van der Waals surface area contributed by atoms with Crippen molar-refractivity contribution < 1.29 is 0 Å². The molecule has 1 fully saturated rings. The van der Waals surface area contributed by atoms with E-state index in [1.807, 2.05) is 0 Å². The second-order valence-electron chi connectivity index (χ2n) is 8.03. The van der Waals surface area contributed by atoms with Crippen molar-refractivity contribution in [3.8, 4) is 0 Å². The quantitative estimate of drug-likeness (QED) is 0.740. The molecule has 1 aliphatic carbocycles. The minimum atomic E-state index is 0.0495. The van der Waals surface area contributed by atoms with Crippen molar-refractivity contribution in [2.75, 3.05) is 31.1 Å². The highest BCUT2D eigenvalue weighted by molar-refractivity contribution is 7.18. The average molecular weight is 395 g/mol. The first kappa shape index (κ1) is 17.9. The zero-order valence-electron chi connectivity index (χ0n) is 16.5. The number of piperazine rings is 1. The largest absolute Gasteiger partial charge is 0.369 e. The third-order valence-electron chi connectivity index (χ3n) is 6.29. The summed E-state index contributed by atoms with van der Waals surface area (Å²) in [7, 11) is 0. The Morgan fingerprint density at radius 2 is 1.96 bits per heavy atom. The summed E-state index contributed by atoms with van der Waals surface area (Å²) >= 11 is 1.72. The maximum Gasteiger partial charge on any atom is 0.259 e. The van der Waals surface area contributed by atoms with Gasteiger partial charge in [-0.05, 0) is 55.9 Å². The molecule has 146 valence electrons. The summed E-state index contributed by atoms with van der Waals surface area (Å²) in [5.74, 6) is 0.803. The lowest BCUT2D eigenvalue weighted by Gasteiger charge is -2.36. The molecular formula is C22H26N4OS. The van der Waals surface area contributed by atoms with Crippen molar-refractivity contribution in [3.05, 3.63) is 55.9 Å². The predicted octanol–water partition coefficient (Wildman–Crippen LogP) is 3.41. The summed E-state index contributed by atoms with van der Waals surface area (Å²) < 4.78 is 0. The molecule has 5 rings (SSSR count). The van der Waals surface area contributed by atoms with Gasteiger partial charge in [0.1, 0.15) is 10.7 Å². The van der Waals surface area contributed by atoms with Crippen molar-refractivity contribution in [1.29, 1.82) is 0 Å². The van der Waals surface area contributed by atoms with Gasteiger partial charge in [-0.3, -0.25) is 9.69 Å². The van der Waals surface area contributed by atoms with Gasteiger partial charge in [-0.1, -0.05) is 12.1 Å². The number of rotatable bonds is 3. The van der Waals surface area contributed by atoms with E-state index in [1.165, 1.54) is 33.7 Å². The summed E-state index contributed by atoms with van der Waals surface area (Å²) in [6.45, 7) is 9.07. The van der Waals surface area contributed by atoms with Gasteiger partial charge in [0.25, 0.3) is 5.56 Å². The van der Waals surface area contributed by atoms with E-state index >= 15 is 0 Å². The number of nitrogens with one attached hydrogen (secondary N) is 1. The van der Waals surface area contributed by atoms with Crippen LogP contribution in [-0.2, 0) is 19.4 Å². The molecule has 0 atom stereocenters. The van der Waals surface area contributed by atoms with Gasteiger partial charge in [0.2, 0.25) is 0 Å². The Morgan fingerprint density at radius 3 is 2.79 bits per heavy atom.